The number of hydrogen-bond donors (Lipinski definition) is 1. The second kappa shape index (κ2) is 5.30. The Morgan fingerprint density at radius 3 is 2.19 bits per heavy atom. The van der Waals surface area contributed by atoms with Crippen molar-refractivity contribution in [3.05, 3.63) is 10.7 Å². The molecule has 0 bridgehead atoms. The van der Waals surface area contributed by atoms with Gasteiger partial charge in [-0.15, -0.1) is 0 Å². The molecule has 0 radical (unpaired) electrons. The van der Waals surface area contributed by atoms with Crippen molar-refractivity contribution in [3.8, 4) is 0 Å². The molecule has 0 aliphatic carbocycles. The van der Waals surface area contributed by atoms with Crippen LogP contribution >= 0.6 is 0 Å². The van der Waals surface area contributed by atoms with E-state index in [4.69, 9.17) is 0 Å². The van der Waals surface area contributed by atoms with E-state index in [0.717, 1.165) is 6.26 Å². The van der Waals surface area contributed by atoms with Gasteiger partial charge in [0.2, 0.25) is 5.76 Å². The van der Waals surface area contributed by atoms with Gasteiger partial charge >= 0.3 is 11.9 Å². The molecule has 1 heterocycles. The van der Waals surface area contributed by atoms with Gasteiger partial charge in [0.25, 0.3) is 5.60 Å². The minimum absolute atomic E-state index is 0.209. The Bertz CT molecular complexity index is 714. The molecular weight excluding hydrogens is 328 g/mol. The van der Waals surface area contributed by atoms with Crippen LogP contribution in [0.5, 0.6) is 0 Å². The summed E-state index contributed by atoms with van der Waals surface area (Å²) >= 11 is 0. The average molecular weight is 342 g/mol. The van der Waals surface area contributed by atoms with Crippen molar-refractivity contribution in [2.45, 2.75) is 12.5 Å². The maximum atomic E-state index is 12.0. The number of cyclic esters (lactones) is 1. The summed E-state index contributed by atoms with van der Waals surface area (Å²) in [6.45, 7) is 1.19. The monoisotopic (exact) mass is 342 g/mol. The molecule has 11 heteroatoms. The third-order valence-electron chi connectivity index (χ3n) is 2.48. The number of ether oxygens (including phenoxy) is 2. The molecule has 120 valence electrons. The lowest BCUT2D eigenvalue weighted by molar-refractivity contribution is -0.170. The summed E-state index contributed by atoms with van der Waals surface area (Å²) in [6.07, 6.45) is 1.33. The number of aliphatic hydroxyl groups is 1. The maximum Gasteiger partial charge on any atom is 0.376 e. The van der Waals surface area contributed by atoms with Crippen LogP contribution in [0.1, 0.15) is 6.92 Å². The number of sulfone groups is 2. The molecule has 0 fully saturated rings. The quantitative estimate of drug-likeness (QED) is 0.603. The molecule has 0 saturated carbocycles. The van der Waals surface area contributed by atoms with Gasteiger partial charge in [0.15, 0.2) is 19.7 Å². The van der Waals surface area contributed by atoms with Crippen LogP contribution in [-0.4, -0.2) is 64.4 Å². The van der Waals surface area contributed by atoms with E-state index in [0.29, 0.717) is 6.26 Å². The molecule has 0 saturated heterocycles. The van der Waals surface area contributed by atoms with Crippen LogP contribution in [0.2, 0.25) is 0 Å². The Hall–Kier alpha value is -1.62. The van der Waals surface area contributed by atoms with Gasteiger partial charge in [-0.1, -0.05) is 0 Å². The number of rotatable bonds is 5. The van der Waals surface area contributed by atoms with Crippen molar-refractivity contribution < 1.29 is 41.0 Å². The van der Waals surface area contributed by atoms with Gasteiger partial charge in [-0.05, 0) is 6.92 Å². The van der Waals surface area contributed by atoms with Gasteiger partial charge in [-0.2, -0.15) is 0 Å². The minimum atomic E-state index is -4.31. The fraction of sp³-hybridized carbons (Fsp3) is 0.600. The smallest absolute Gasteiger partial charge is 0.376 e. The van der Waals surface area contributed by atoms with E-state index in [1.165, 1.54) is 6.92 Å². The number of carbonyl (C=O) groups is 2. The molecule has 1 N–H and O–H groups in total. The van der Waals surface area contributed by atoms with Crippen LogP contribution in [0.4, 0.5) is 0 Å². The molecule has 0 aromatic heterocycles. The highest BCUT2D eigenvalue weighted by molar-refractivity contribution is 7.95. The summed E-state index contributed by atoms with van der Waals surface area (Å²) < 4.78 is 55.7. The molecule has 9 nitrogen and oxygen atoms in total. The number of hydrogen-bond acceptors (Lipinski definition) is 9. The van der Waals surface area contributed by atoms with Crippen LogP contribution in [0.15, 0.2) is 10.7 Å². The van der Waals surface area contributed by atoms with Crippen LogP contribution in [0, 0.1) is 0 Å². The lowest BCUT2D eigenvalue weighted by Gasteiger charge is -2.26. The Kier molecular flexibility index (Phi) is 4.40. The second-order valence-electron chi connectivity index (χ2n) is 4.46. The fourth-order valence-electron chi connectivity index (χ4n) is 1.92. The Morgan fingerprint density at radius 2 is 1.81 bits per heavy atom. The van der Waals surface area contributed by atoms with Gasteiger partial charge in [0.05, 0.1) is 6.61 Å². The van der Waals surface area contributed by atoms with Crippen molar-refractivity contribution in [1.82, 2.24) is 0 Å². The fourth-order valence-corrected chi connectivity index (χ4v) is 4.30. The molecule has 0 aromatic carbocycles. The van der Waals surface area contributed by atoms with E-state index in [2.05, 4.69) is 9.47 Å². The third kappa shape index (κ3) is 3.35. The number of esters is 2. The average Bonchev–Trinajstić information content (AvgIpc) is 2.48. The van der Waals surface area contributed by atoms with Crippen LogP contribution in [0.25, 0.3) is 0 Å². The summed E-state index contributed by atoms with van der Waals surface area (Å²) in [5.41, 5.74) is -2.72. The Balaban J connectivity index is 3.66. The normalized spacial score (nSPS) is 23.1. The molecule has 0 unspecified atom stereocenters. The summed E-state index contributed by atoms with van der Waals surface area (Å²) in [4.78, 5) is 22.4. The molecule has 1 rings (SSSR count). The molecule has 0 amide bonds. The van der Waals surface area contributed by atoms with E-state index < -0.39 is 53.6 Å². The minimum Gasteiger partial charge on any atom is -0.501 e. The van der Waals surface area contributed by atoms with Crippen LogP contribution in [-0.2, 0) is 38.7 Å². The summed E-state index contributed by atoms with van der Waals surface area (Å²) in [7, 11) is -8.27. The molecule has 21 heavy (non-hydrogen) atoms. The molecule has 0 aromatic rings. The first-order chi connectivity index (χ1) is 9.35. The summed E-state index contributed by atoms with van der Waals surface area (Å²) in [5.74, 6) is -5.37. The highest BCUT2D eigenvalue weighted by Crippen LogP contribution is 2.37. The number of carbonyl (C=O) groups excluding carboxylic acids is 2. The lowest BCUT2D eigenvalue weighted by atomic mass is 10.1. The van der Waals surface area contributed by atoms with Crippen molar-refractivity contribution >= 4 is 31.6 Å². The van der Waals surface area contributed by atoms with Crippen LogP contribution < -0.4 is 0 Å². The third-order valence-corrected chi connectivity index (χ3v) is 4.68. The Labute approximate surface area is 121 Å². The first-order valence-corrected chi connectivity index (χ1v) is 9.52. The zero-order chi connectivity index (χ0) is 16.6. The first kappa shape index (κ1) is 17.4. The lowest BCUT2D eigenvalue weighted by Crippen LogP contribution is -2.50. The molecule has 0 spiro atoms. The number of aliphatic hydroxyl groups excluding tert-OH is 1. The van der Waals surface area contributed by atoms with E-state index in [-0.39, 0.29) is 6.61 Å². The highest BCUT2D eigenvalue weighted by atomic mass is 32.2. The van der Waals surface area contributed by atoms with E-state index >= 15 is 0 Å². The standard InChI is InChI=1S/C10H14O9S2/c1-4-18-9(13)10(5-20(2,14)15)7(21(3,16)17)6(11)8(12)19-10/h11H,4-5H2,1-3H3/t10-/m0/s1. The van der Waals surface area contributed by atoms with E-state index in [9.17, 15) is 31.5 Å². The zero-order valence-corrected chi connectivity index (χ0v) is 13.1. The van der Waals surface area contributed by atoms with Gasteiger partial charge in [-0.25, -0.2) is 26.4 Å². The summed E-state index contributed by atoms with van der Waals surface area (Å²) in [5, 5.41) is 9.57. The van der Waals surface area contributed by atoms with Crippen molar-refractivity contribution in [2.75, 3.05) is 24.9 Å². The van der Waals surface area contributed by atoms with E-state index in [1.54, 1.807) is 0 Å². The largest absolute Gasteiger partial charge is 0.501 e. The van der Waals surface area contributed by atoms with Gasteiger partial charge in [-0.3, -0.25) is 0 Å². The van der Waals surface area contributed by atoms with Crippen LogP contribution in [0.3, 0.4) is 0 Å². The van der Waals surface area contributed by atoms with E-state index in [1.807, 2.05) is 0 Å². The van der Waals surface area contributed by atoms with Crippen molar-refractivity contribution in [1.29, 1.82) is 0 Å². The molecular formula is C10H14O9S2. The summed E-state index contributed by atoms with van der Waals surface area (Å²) in [6, 6.07) is 0. The SMILES string of the molecule is CCOC(=O)[C@@]1(CS(C)(=O)=O)OC(=O)C(O)=C1S(C)(=O)=O. The van der Waals surface area contributed by atoms with Gasteiger partial charge in [0.1, 0.15) is 10.7 Å². The second-order valence-corrected chi connectivity index (χ2v) is 8.55. The first-order valence-electron chi connectivity index (χ1n) is 5.57. The Morgan fingerprint density at radius 1 is 1.29 bits per heavy atom. The molecule has 1 aliphatic heterocycles. The molecule has 1 aliphatic rings. The predicted molar refractivity (Wildman–Crippen MR) is 69.7 cm³/mol. The highest BCUT2D eigenvalue weighted by Gasteiger charge is 2.60. The predicted octanol–water partition coefficient (Wildman–Crippen LogP) is -1.30. The topological polar surface area (TPSA) is 141 Å². The van der Waals surface area contributed by atoms with Crippen molar-refractivity contribution in [2.24, 2.45) is 0 Å². The van der Waals surface area contributed by atoms with Crippen molar-refractivity contribution in [3.63, 3.8) is 0 Å². The van der Waals surface area contributed by atoms with Gasteiger partial charge < -0.3 is 14.6 Å². The molecule has 1 atom stereocenters. The van der Waals surface area contributed by atoms with Gasteiger partial charge in [0, 0.05) is 12.5 Å². The zero-order valence-electron chi connectivity index (χ0n) is 11.4. The maximum absolute atomic E-state index is 12.0.